The quantitative estimate of drug-likeness (QED) is 0.539. The fourth-order valence-electron chi connectivity index (χ4n) is 3.87. The highest BCUT2D eigenvalue weighted by atomic mass is 35.5. The van der Waals surface area contributed by atoms with E-state index in [2.05, 4.69) is 12.1 Å². The van der Waals surface area contributed by atoms with Gasteiger partial charge in [0.05, 0.1) is 6.61 Å². The van der Waals surface area contributed by atoms with Gasteiger partial charge in [-0.25, -0.2) is 0 Å². The second-order valence-corrected chi connectivity index (χ2v) is 8.49. The number of hydrogen-bond donors (Lipinski definition) is 0. The van der Waals surface area contributed by atoms with Crippen molar-refractivity contribution >= 4 is 23.4 Å². The lowest BCUT2D eigenvalue weighted by Gasteiger charge is -2.33. The summed E-state index contributed by atoms with van der Waals surface area (Å²) in [5.74, 6) is 1.13. The first-order valence-corrected chi connectivity index (χ1v) is 11.4. The molecule has 2 amide bonds. The number of amides is 2. The Balaban J connectivity index is 1.33. The fraction of sp³-hybridized carbons (Fsp3) is 0.440. The van der Waals surface area contributed by atoms with E-state index >= 15 is 0 Å². The van der Waals surface area contributed by atoms with Crippen LogP contribution in [0, 0.1) is 5.92 Å². The molecule has 2 aromatic carbocycles. The smallest absolute Gasteiger partial charge is 0.225 e. The summed E-state index contributed by atoms with van der Waals surface area (Å²) in [6.07, 6.45) is 3.53. The summed E-state index contributed by atoms with van der Waals surface area (Å²) in [5, 5.41) is 0.682. The van der Waals surface area contributed by atoms with Crippen molar-refractivity contribution in [1.29, 1.82) is 0 Å². The lowest BCUT2D eigenvalue weighted by atomic mass is 9.95. The van der Waals surface area contributed by atoms with Crippen LogP contribution in [0.5, 0.6) is 5.75 Å². The number of likely N-dealkylation sites (tertiary alicyclic amines) is 1. The van der Waals surface area contributed by atoms with Gasteiger partial charge in [-0.1, -0.05) is 41.9 Å². The van der Waals surface area contributed by atoms with Crippen LogP contribution >= 0.6 is 11.6 Å². The Hall–Kier alpha value is -2.53. The molecular formula is C25H31ClN2O3. The number of halogens is 1. The summed E-state index contributed by atoms with van der Waals surface area (Å²) in [6.45, 7) is 2.53. The van der Waals surface area contributed by atoms with Gasteiger partial charge >= 0.3 is 0 Å². The molecule has 0 N–H and O–H groups in total. The number of rotatable bonds is 9. The Labute approximate surface area is 189 Å². The molecule has 0 aliphatic carbocycles. The van der Waals surface area contributed by atoms with Crippen LogP contribution in [0.2, 0.25) is 5.02 Å². The zero-order chi connectivity index (χ0) is 22.1. The van der Waals surface area contributed by atoms with E-state index in [1.54, 1.807) is 17.0 Å². The molecule has 1 aliphatic heterocycles. The van der Waals surface area contributed by atoms with E-state index in [0.717, 1.165) is 31.4 Å². The van der Waals surface area contributed by atoms with Gasteiger partial charge in [0, 0.05) is 44.0 Å². The minimum absolute atomic E-state index is 0.000330. The minimum Gasteiger partial charge on any atom is -0.494 e. The predicted molar refractivity (Wildman–Crippen MR) is 123 cm³/mol. The molecule has 5 nitrogen and oxygen atoms in total. The molecule has 1 aliphatic rings. The number of hydrogen-bond acceptors (Lipinski definition) is 3. The Morgan fingerprint density at radius 2 is 1.74 bits per heavy atom. The second-order valence-electron chi connectivity index (χ2n) is 8.06. The first-order chi connectivity index (χ1) is 15.0. The summed E-state index contributed by atoms with van der Waals surface area (Å²) >= 11 is 5.87. The van der Waals surface area contributed by atoms with Crippen LogP contribution in [-0.4, -0.2) is 54.9 Å². The molecule has 1 fully saturated rings. The third-order valence-corrected chi connectivity index (χ3v) is 6.02. The maximum absolute atomic E-state index is 12.8. The van der Waals surface area contributed by atoms with Gasteiger partial charge in [-0.2, -0.15) is 0 Å². The summed E-state index contributed by atoms with van der Waals surface area (Å²) in [6, 6.07) is 17.4. The van der Waals surface area contributed by atoms with Gasteiger partial charge in [-0.15, -0.1) is 0 Å². The number of carbonyl (C=O) groups excluding carboxylic acids is 2. The van der Waals surface area contributed by atoms with Gasteiger partial charge in [0.15, 0.2) is 0 Å². The Morgan fingerprint density at radius 1 is 1.06 bits per heavy atom. The fourth-order valence-corrected chi connectivity index (χ4v) is 4.00. The van der Waals surface area contributed by atoms with Crippen molar-refractivity contribution in [2.24, 2.45) is 5.92 Å². The molecule has 1 heterocycles. The van der Waals surface area contributed by atoms with E-state index in [-0.39, 0.29) is 17.7 Å². The Morgan fingerprint density at radius 3 is 2.42 bits per heavy atom. The number of carbonyl (C=O) groups is 2. The molecule has 2 aromatic rings. The van der Waals surface area contributed by atoms with Crippen LogP contribution < -0.4 is 4.74 Å². The SMILES string of the molecule is CN(CCCOc1ccc(Cl)cc1)C(=O)C1CCN(C(=O)CCc2ccccc2)CC1. The zero-order valence-corrected chi connectivity index (χ0v) is 18.9. The molecule has 0 aromatic heterocycles. The lowest BCUT2D eigenvalue weighted by Crippen LogP contribution is -2.43. The Kier molecular flexibility index (Phi) is 8.77. The van der Waals surface area contributed by atoms with Crippen LogP contribution in [0.15, 0.2) is 54.6 Å². The second kappa shape index (κ2) is 11.8. The van der Waals surface area contributed by atoms with Gasteiger partial charge in [0.1, 0.15) is 5.75 Å². The van der Waals surface area contributed by atoms with E-state index in [0.29, 0.717) is 37.7 Å². The molecule has 3 rings (SSSR count). The average molecular weight is 443 g/mol. The highest BCUT2D eigenvalue weighted by Gasteiger charge is 2.28. The monoisotopic (exact) mass is 442 g/mol. The maximum atomic E-state index is 12.8. The standard InChI is InChI=1S/C25H31ClN2O3/c1-27(16-5-19-31-23-11-9-22(26)10-12-23)25(30)21-14-17-28(18-15-21)24(29)13-8-20-6-3-2-4-7-20/h2-4,6-7,9-12,21H,5,8,13-19H2,1H3. The van der Waals surface area contributed by atoms with Crippen molar-refractivity contribution < 1.29 is 14.3 Å². The molecule has 0 spiro atoms. The molecule has 0 bridgehead atoms. The highest BCUT2D eigenvalue weighted by molar-refractivity contribution is 6.30. The summed E-state index contributed by atoms with van der Waals surface area (Å²) < 4.78 is 5.69. The van der Waals surface area contributed by atoms with E-state index < -0.39 is 0 Å². The lowest BCUT2D eigenvalue weighted by molar-refractivity contribution is -0.139. The van der Waals surface area contributed by atoms with Gasteiger partial charge in [0.25, 0.3) is 0 Å². The van der Waals surface area contributed by atoms with Crippen molar-refractivity contribution in [3.05, 3.63) is 65.2 Å². The predicted octanol–water partition coefficient (Wildman–Crippen LogP) is 4.44. The van der Waals surface area contributed by atoms with E-state index in [4.69, 9.17) is 16.3 Å². The third kappa shape index (κ3) is 7.28. The normalized spacial score (nSPS) is 14.3. The van der Waals surface area contributed by atoms with E-state index in [9.17, 15) is 9.59 Å². The molecule has 0 saturated carbocycles. The highest BCUT2D eigenvalue weighted by Crippen LogP contribution is 2.21. The number of ether oxygens (including phenoxy) is 1. The number of nitrogens with zero attached hydrogens (tertiary/aromatic N) is 2. The van der Waals surface area contributed by atoms with Crippen molar-refractivity contribution in [2.75, 3.05) is 33.3 Å². The molecule has 6 heteroatoms. The summed E-state index contributed by atoms with van der Waals surface area (Å²) in [7, 11) is 1.85. The zero-order valence-electron chi connectivity index (χ0n) is 18.1. The first kappa shape index (κ1) is 23.1. The topological polar surface area (TPSA) is 49.9 Å². The Bertz CT molecular complexity index is 834. The van der Waals surface area contributed by atoms with Crippen LogP contribution in [0.1, 0.15) is 31.2 Å². The first-order valence-electron chi connectivity index (χ1n) is 11.0. The summed E-state index contributed by atoms with van der Waals surface area (Å²) in [5.41, 5.74) is 1.18. The average Bonchev–Trinajstić information content (AvgIpc) is 2.81. The molecule has 0 radical (unpaired) electrons. The van der Waals surface area contributed by atoms with Gasteiger partial charge in [-0.05, 0) is 55.5 Å². The molecule has 0 unspecified atom stereocenters. The van der Waals surface area contributed by atoms with Crippen molar-refractivity contribution in [3.8, 4) is 5.75 Å². The van der Waals surface area contributed by atoms with Gasteiger partial charge in [-0.3, -0.25) is 9.59 Å². The van der Waals surface area contributed by atoms with Crippen LogP contribution in [0.3, 0.4) is 0 Å². The largest absolute Gasteiger partial charge is 0.494 e. The maximum Gasteiger partial charge on any atom is 0.225 e. The molecule has 0 atom stereocenters. The van der Waals surface area contributed by atoms with E-state index in [1.165, 1.54) is 5.56 Å². The van der Waals surface area contributed by atoms with Crippen LogP contribution in [-0.2, 0) is 16.0 Å². The minimum atomic E-state index is 0.000330. The third-order valence-electron chi connectivity index (χ3n) is 5.76. The van der Waals surface area contributed by atoms with E-state index in [1.807, 2.05) is 42.3 Å². The van der Waals surface area contributed by atoms with Crippen LogP contribution in [0.4, 0.5) is 0 Å². The van der Waals surface area contributed by atoms with Crippen molar-refractivity contribution in [2.45, 2.75) is 32.1 Å². The van der Waals surface area contributed by atoms with Gasteiger partial charge in [0.2, 0.25) is 11.8 Å². The molecule has 166 valence electrons. The van der Waals surface area contributed by atoms with Gasteiger partial charge < -0.3 is 14.5 Å². The van der Waals surface area contributed by atoms with Crippen molar-refractivity contribution in [1.82, 2.24) is 9.80 Å². The number of piperidine rings is 1. The molecule has 31 heavy (non-hydrogen) atoms. The van der Waals surface area contributed by atoms with Crippen molar-refractivity contribution in [3.63, 3.8) is 0 Å². The number of benzene rings is 2. The number of aryl methyl sites for hydroxylation is 1. The van der Waals surface area contributed by atoms with Crippen LogP contribution in [0.25, 0.3) is 0 Å². The molecular weight excluding hydrogens is 412 g/mol. The molecule has 1 saturated heterocycles. The summed E-state index contributed by atoms with van der Waals surface area (Å²) in [4.78, 5) is 29.0.